The van der Waals surface area contributed by atoms with E-state index in [9.17, 15) is 0 Å². The average Bonchev–Trinajstić information content (AvgIpc) is 2.39. The van der Waals surface area contributed by atoms with Crippen molar-refractivity contribution >= 4 is 17.4 Å². The van der Waals surface area contributed by atoms with Gasteiger partial charge in [-0.2, -0.15) is 11.8 Å². The van der Waals surface area contributed by atoms with E-state index in [1.807, 2.05) is 12.1 Å². The van der Waals surface area contributed by atoms with Gasteiger partial charge in [0.1, 0.15) is 0 Å². The van der Waals surface area contributed by atoms with Crippen molar-refractivity contribution in [3.63, 3.8) is 0 Å². The largest absolute Gasteiger partial charge is 0.399 e. The monoisotopic (exact) mass is 278 g/mol. The van der Waals surface area contributed by atoms with Gasteiger partial charge < -0.3 is 10.6 Å². The molecule has 0 radical (unpaired) electrons. The topological polar surface area (TPSA) is 29.3 Å². The van der Waals surface area contributed by atoms with E-state index in [0.717, 1.165) is 17.5 Å². The maximum Gasteiger partial charge on any atom is 0.0314 e. The minimum Gasteiger partial charge on any atom is -0.399 e. The molecule has 0 aromatic heterocycles. The van der Waals surface area contributed by atoms with Crippen molar-refractivity contribution < 1.29 is 0 Å². The molecule has 1 unspecified atom stereocenters. The molecule has 1 aromatic carbocycles. The van der Waals surface area contributed by atoms with Gasteiger partial charge in [-0.05, 0) is 24.1 Å². The predicted molar refractivity (Wildman–Crippen MR) is 86.9 cm³/mol. The van der Waals surface area contributed by atoms with Crippen LogP contribution in [-0.4, -0.2) is 35.5 Å². The number of anilines is 1. The van der Waals surface area contributed by atoms with Gasteiger partial charge in [-0.15, -0.1) is 0 Å². The Morgan fingerprint density at radius 3 is 2.63 bits per heavy atom. The first-order chi connectivity index (χ1) is 9.01. The molecule has 1 atom stereocenters. The zero-order valence-corrected chi connectivity index (χ0v) is 13.2. The Hall–Kier alpha value is -0.670. The van der Waals surface area contributed by atoms with Gasteiger partial charge in [0, 0.05) is 41.7 Å². The number of hydrogen-bond acceptors (Lipinski definition) is 3. The van der Waals surface area contributed by atoms with E-state index >= 15 is 0 Å². The molecule has 2 N–H and O–H groups in total. The number of thioether (sulfide) groups is 1. The summed E-state index contributed by atoms with van der Waals surface area (Å²) in [6.45, 7) is 10.6. The minimum absolute atomic E-state index is 0.188. The highest BCUT2D eigenvalue weighted by molar-refractivity contribution is 8.00. The van der Waals surface area contributed by atoms with Crippen molar-refractivity contribution in [2.75, 3.05) is 31.1 Å². The molecular formula is C16H26N2S. The number of nitrogen functional groups attached to an aromatic ring is 1. The summed E-state index contributed by atoms with van der Waals surface area (Å²) in [5.41, 5.74) is 8.20. The van der Waals surface area contributed by atoms with Crippen LogP contribution in [0.2, 0.25) is 0 Å². The molecule has 1 aromatic rings. The first-order valence-electron chi connectivity index (χ1n) is 7.21. The van der Waals surface area contributed by atoms with Crippen molar-refractivity contribution in [3.05, 3.63) is 29.8 Å². The zero-order chi connectivity index (χ0) is 13.9. The van der Waals surface area contributed by atoms with Gasteiger partial charge in [-0.25, -0.2) is 0 Å². The first-order valence-corrected chi connectivity index (χ1v) is 8.26. The molecule has 0 aliphatic carbocycles. The summed E-state index contributed by atoms with van der Waals surface area (Å²) < 4.78 is 0. The molecule has 0 amide bonds. The van der Waals surface area contributed by atoms with Crippen LogP contribution in [0.25, 0.3) is 0 Å². The molecule has 0 spiro atoms. The molecular weight excluding hydrogens is 252 g/mol. The van der Waals surface area contributed by atoms with Crippen LogP contribution in [0.3, 0.4) is 0 Å². The summed E-state index contributed by atoms with van der Waals surface area (Å²) in [5, 5.41) is 0.816. The number of nitrogens with two attached hydrogens (primary N) is 1. The quantitative estimate of drug-likeness (QED) is 0.856. The predicted octanol–water partition coefficient (Wildman–Crippen LogP) is 3.37. The van der Waals surface area contributed by atoms with Gasteiger partial charge in [-0.3, -0.25) is 0 Å². The normalized spacial score (nSPS) is 21.5. The fourth-order valence-electron chi connectivity index (χ4n) is 2.76. The SMILES string of the molecule is CCC1CN(CC(C)(C)c2ccc(N)cc2)CCS1. The fraction of sp³-hybridized carbons (Fsp3) is 0.625. The van der Waals surface area contributed by atoms with E-state index in [1.54, 1.807) is 0 Å². The number of benzene rings is 1. The van der Waals surface area contributed by atoms with E-state index < -0.39 is 0 Å². The Morgan fingerprint density at radius 1 is 1.32 bits per heavy atom. The molecule has 2 nitrogen and oxygen atoms in total. The molecule has 19 heavy (non-hydrogen) atoms. The Balaban J connectivity index is 2.02. The van der Waals surface area contributed by atoms with Crippen molar-refractivity contribution in [1.29, 1.82) is 0 Å². The summed E-state index contributed by atoms with van der Waals surface area (Å²) in [6.07, 6.45) is 1.28. The fourth-order valence-corrected chi connectivity index (χ4v) is 4.00. The van der Waals surface area contributed by atoms with Gasteiger partial charge in [0.15, 0.2) is 0 Å². The summed E-state index contributed by atoms with van der Waals surface area (Å²) in [4.78, 5) is 2.63. The molecule has 106 valence electrons. The molecule has 1 saturated heterocycles. The molecule has 2 rings (SSSR count). The van der Waals surface area contributed by atoms with Crippen LogP contribution in [-0.2, 0) is 5.41 Å². The molecule has 3 heteroatoms. The third-order valence-corrected chi connectivity index (χ3v) is 5.36. The van der Waals surface area contributed by atoms with Gasteiger partial charge >= 0.3 is 0 Å². The van der Waals surface area contributed by atoms with E-state index in [1.165, 1.54) is 30.8 Å². The molecule has 0 saturated carbocycles. The van der Waals surface area contributed by atoms with E-state index in [0.29, 0.717) is 0 Å². The van der Waals surface area contributed by atoms with Gasteiger partial charge in [0.25, 0.3) is 0 Å². The van der Waals surface area contributed by atoms with Crippen molar-refractivity contribution in [2.24, 2.45) is 0 Å². The van der Waals surface area contributed by atoms with Crippen molar-refractivity contribution in [3.8, 4) is 0 Å². The standard InChI is InChI=1S/C16H26N2S/c1-4-15-11-18(9-10-19-15)12-16(2,3)13-5-7-14(17)8-6-13/h5-8,15H,4,9-12,17H2,1-3H3. The van der Waals surface area contributed by atoms with Gasteiger partial charge in [0.05, 0.1) is 0 Å². The van der Waals surface area contributed by atoms with Crippen LogP contribution in [0.15, 0.2) is 24.3 Å². The number of rotatable bonds is 4. The Bertz CT molecular complexity index is 400. The Morgan fingerprint density at radius 2 is 2.00 bits per heavy atom. The smallest absolute Gasteiger partial charge is 0.0314 e. The van der Waals surface area contributed by atoms with Crippen LogP contribution >= 0.6 is 11.8 Å². The zero-order valence-electron chi connectivity index (χ0n) is 12.4. The third kappa shape index (κ3) is 3.90. The Kier molecular flexibility index (Phi) is 4.80. The number of nitrogens with zero attached hydrogens (tertiary/aromatic N) is 1. The molecule has 1 fully saturated rings. The van der Waals surface area contributed by atoms with Crippen molar-refractivity contribution in [1.82, 2.24) is 4.90 Å². The lowest BCUT2D eigenvalue weighted by molar-refractivity contribution is 0.229. The van der Waals surface area contributed by atoms with Gasteiger partial charge in [-0.1, -0.05) is 32.9 Å². The van der Waals surface area contributed by atoms with Crippen LogP contribution < -0.4 is 5.73 Å². The van der Waals surface area contributed by atoms with Gasteiger partial charge in [0.2, 0.25) is 0 Å². The molecule has 1 aliphatic rings. The average molecular weight is 278 g/mol. The minimum atomic E-state index is 0.188. The van der Waals surface area contributed by atoms with E-state index in [-0.39, 0.29) is 5.41 Å². The summed E-state index contributed by atoms with van der Waals surface area (Å²) in [5.74, 6) is 1.27. The highest BCUT2D eigenvalue weighted by Gasteiger charge is 2.27. The molecule has 1 aliphatic heterocycles. The molecule has 1 heterocycles. The highest BCUT2D eigenvalue weighted by atomic mass is 32.2. The summed E-state index contributed by atoms with van der Waals surface area (Å²) in [6, 6.07) is 8.37. The maximum absolute atomic E-state index is 5.78. The second-order valence-corrected chi connectivity index (χ2v) is 7.55. The molecule has 0 bridgehead atoms. The summed E-state index contributed by atoms with van der Waals surface area (Å²) >= 11 is 2.13. The number of hydrogen-bond donors (Lipinski definition) is 1. The van der Waals surface area contributed by atoms with Crippen molar-refractivity contribution in [2.45, 2.75) is 37.9 Å². The third-order valence-electron chi connectivity index (χ3n) is 3.99. The first kappa shape index (κ1) is 14.7. The lowest BCUT2D eigenvalue weighted by Gasteiger charge is -2.38. The second-order valence-electron chi connectivity index (χ2n) is 6.14. The maximum atomic E-state index is 5.78. The summed E-state index contributed by atoms with van der Waals surface area (Å²) in [7, 11) is 0. The van der Waals surface area contributed by atoms with Crippen LogP contribution in [0, 0.1) is 0 Å². The van der Waals surface area contributed by atoms with Crippen LogP contribution in [0.1, 0.15) is 32.8 Å². The Labute approximate surface area is 121 Å². The van der Waals surface area contributed by atoms with E-state index in [4.69, 9.17) is 5.73 Å². The van der Waals surface area contributed by atoms with E-state index in [2.05, 4.69) is 49.6 Å². The lowest BCUT2D eigenvalue weighted by atomic mass is 9.84. The lowest BCUT2D eigenvalue weighted by Crippen LogP contribution is -2.44. The van der Waals surface area contributed by atoms with Crippen LogP contribution in [0.5, 0.6) is 0 Å². The van der Waals surface area contributed by atoms with Crippen LogP contribution in [0.4, 0.5) is 5.69 Å². The second kappa shape index (κ2) is 6.19. The highest BCUT2D eigenvalue weighted by Crippen LogP contribution is 2.28.